The Bertz CT molecular complexity index is 510. The van der Waals surface area contributed by atoms with Crippen LogP contribution in [0.3, 0.4) is 0 Å². The predicted molar refractivity (Wildman–Crippen MR) is 107 cm³/mol. The van der Waals surface area contributed by atoms with Crippen molar-refractivity contribution in [2.75, 3.05) is 13.1 Å². The van der Waals surface area contributed by atoms with Crippen molar-refractivity contribution in [3.63, 3.8) is 0 Å². The SMILES string of the molecule is CC.CC.N#CC1(OSI)CCN(C(=O)OCc2ccccc2)C1. The van der Waals surface area contributed by atoms with Gasteiger partial charge in [0.2, 0.25) is 0 Å². The van der Waals surface area contributed by atoms with Crippen molar-refractivity contribution in [2.45, 2.75) is 46.3 Å². The second-order valence-corrected chi connectivity index (χ2v) is 5.84. The third-order valence-corrected chi connectivity index (χ3v) is 4.01. The molecule has 0 aromatic heterocycles. The summed E-state index contributed by atoms with van der Waals surface area (Å²) < 4.78 is 10.6. The van der Waals surface area contributed by atoms with Gasteiger partial charge in [-0.05, 0) is 5.56 Å². The molecule has 1 unspecified atom stereocenters. The van der Waals surface area contributed by atoms with E-state index in [4.69, 9.17) is 8.92 Å². The van der Waals surface area contributed by atoms with Crippen molar-refractivity contribution >= 4 is 36.5 Å². The molecule has 7 heteroatoms. The number of amides is 1. The van der Waals surface area contributed by atoms with Gasteiger partial charge in [-0.15, -0.1) is 0 Å². The number of benzene rings is 1. The highest BCUT2D eigenvalue weighted by Gasteiger charge is 2.42. The Kier molecular flexibility index (Phi) is 12.8. The normalized spacial score (nSPS) is 18.4. The van der Waals surface area contributed by atoms with Gasteiger partial charge in [0.25, 0.3) is 0 Å². The molecule has 0 spiro atoms. The lowest BCUT2D eigenvalue weighted by Crippen LogP contribution is -2.36. The zero-order chi connectivity index (χ0) is 18.4. The molecule has 1 aliphatic rings. The summed E-state index contributed by atoms with van der Waals surface area (Å²) in [5.74, 6) is 0. The highest BCUT2D eigenvalue weighted by atomic mass is 127. The Labute approximate surface area is 161 Å². The number of nitrogens with zero attached hydrogens (tertiary/aromatic N) is 2. The molecular formula is C17H25IN2O3S. The molecule has 1 aromatic carbocycles. The van der Waals surface area contributed by atoms with Gasteiger partial charge < -0.3 is 9.64 Å². The zero-order valence-electron chi connectivity index (χ0n) is 14.6. The molecule has 0 radical (unpaired) electrons. The fourth-order valence-electron chi connectivity index (χ4n) is 1.99. The van der Waals surface area contributed by atoms with Gasteiger partial charge in [-0.3, -0.25) is 4.18 Å². The van der Waals surface area contributed by atoms with E-state index in [-0.39, 0.29) is 13.2 Å². The number of carbonyl (C=O) groups excluding carboxylic acids is 1. The average Bonchev–Trinajstić information content (AvgIpc) is 3.09. The summed E-state index contributed by atoms with van der Waals surface area (Å²) in [4.78, 5) is 13.5. The van der Waals surface area contributed by atoms with Gasteiger partial charge in [0.05, 0.1) is 15.8 Å². The van der Waals surface area contributed by atoms with Crippen LogP contribution in [0.2, 0.25) is 0 Å². The van der Waals surface area contributed by atoms with E-state index in [9.17, 15) is 10.1 Å². The molecule has 1 aromatic rings. The van der Waals surface area contributed by atoms with Crippen molar-refractivity contribution in [1.82, 2.24) is 4.90 Å². The summed E-state index contributed by atoms with van der Waals surface area (Å²) in [6, 6.07) is 11.6. The first-order valence-corrected chi connectivity index (χ1v) is 11.3. The number of rotatable bonds is 4. The first-order chi connectivity index (χ1) is 11.7. The number of likely N-dealkylation sites (tertiary alicyclic amines) is 1. The molecule has 24 heavy (non-hydrogen) atoms. The van der Waals surface area contributed by atoms with E-state index in [1.54, 1.807) is 0 Å². The van der Waals surface area contributed by atoms with Crippen LogP contribution in [0.25, 0.3) is 0 Å². The van der Waals surface area contributed by atoms with Crippen molar-refractivity contribution in [2.24, 2.45) is 0 Å². The van der Waals surface area contributed by atoms with E-state index in [2.05, 4.69) is 6.07 Å². The zero-order valence-corrected chi connectivity index (χ0v) is 17.6. The van der Waals surface area contributed by atoms with Crippen LogP contribution in [0.5, 0.6) is 0 Å². The number of hydrogen-bond acceptors (Lipinski definition) is 5. The van der Waals surface area contributed by atoms with Gasteiger partial charge in [-0.2, -0.15) is 5.26 Å². The van der Waals surface area contributed by atoms with Crippen LogP contribution >= 0.6 is 30.4 Å². The van der Waals surface area contributed by atoms with Gasteiger partial charge in [-0.25, -0.2) is 4.79 Å². The topological polar surface area (TPSA) is 62.6 Å². The first-order valence-electron chi connectivity index (χ1n) is 8.02. The average molecular weight is 464 g/mol. The molecule has 5 nitrogen and oxygen atoms in total. The van der Waals surface area contributed by atoms with Gasteiger partial charge >= 0.3 is 6.09 Å². The van der Waals surface area contributed by atoms with Crippen LogP contribution in [0.1, 0.15) is 39.7 Å². The summed E-state index contributed by atoms with van der Waals surface area (Å²) >= 11 is 1.97. The molecular weight excluding hydrogens is 439 g/mol. The Morgan fingerprint density at radius 3 is 2.50 bits per heavy atom. The second-order valence-electron chi connectivity index (χ2n) is 4.46. The maximum Gasteiger partial charge on any atom is 0.410 e. The predicted octanol–water partition coefficient (Wildman–Crippen LogP) is 5.36. The highest BCUT2D eigenvalue weighted by Crippen LogP contribution is 2.32. The highest BCUT2D eigenvalue weighted by molar-refractivity contribution is 14.2. The molecule has 2 rings (SSSR count). The van der Waals surface area contributed by atoms with Gasteiger partial charge in [0, 0.05) is 34.2 Å². The minimum atomic E-state index is -0.919. The number of halogens is 1. The third-order valence-electron chi connectivity index (χ3n) is 3.09. The van der Waals surface area contributed by atoms with Crippen LogP contribution in [-0.4, -0.2) is 29.7 Å². The quantitative estimate of drug-likeness (QED) is 0.444. The molecule has 1 fully saturated rings. The lowest BCUT2D eigenvalue weighted by Gasteiger charge is -2.19. The van der Waals surface area contributed by atoms with Crippen LogP contribution in [0, 0.1) is 11.3 Å². The molecule has 1 heterocycles. The largest absolute Gasteiger partial charge is 0.445 e. The van der Waals surface area contributed by atoms with E-state index in [1.807, 2.05) is 79.2 Å². The second kappa shape index (κ2) is 13.3. The number of nitriles is 1. The summed E-state index contributed by atoms with van der Waals surface area (Å²) in [7, 11) is 1.12. The molecule has 1 saturated heterocycles. The number of carbonyl (C=O) groups is 1. The summed E-state index contributed by atoms with van der Waals surface area (Å²) in [5.41, 5.74) is 0.0168. The molecule has 0 aliphatic carbocycles. The van der Waals surface area contributed by atoms with Crippen molar-refractivity contribution in [3.05, 3.63) is 35.9 Å². The first kappa shape index (κ1) is 23.0. The Morgan fingerprint density at radius 1 is 1.33 bits per heavy atom. The van der Waals surface area contributed by atoms with E-state index in [0.29, 0.717) is 13.0 Å². The van der Waals surface area contributed by atoms with Gasteiger partial charge in [-0.1, -0.05) is 58.0 Å². The maximum absolute atomic E-state index is 12.0. The lowest BCUT2D eigenvalue weighted by molar-refractivity contribution is 0.0950. The summed E-state index contributed by atoms with van der Waals surface area (Å²) in [6.07, 6.45) is 0.0907. The minimum absolute atomic E-state index is 0.234. The molecule has 1 atom stereocenters. The van der Waals surface area contributed by atoms with Crippen LogP contribution in [0.4, 0.5) is 4.79 Å². The molecule has 1 aliphatic heterocycles. The standard InChI is InChI=1S/C13H13IN2O3S.2C2H6/c14-20-19-13(9-15)6-7-16(10-13)12(17)18-8-11-4-2-1-3-5-11;2*1-2/h1-5H,6-8,10H2;2*1-2H3. The van der Waals surface area contributed by atoms with Crippen LogP contribution in [-0.2, 0) is 15.5 Å². The minimum Gasteiger partial charge on any atom is -0.445 e. The van der Waals surface area contributed by atoms with E-state index < -0.39 is 11.7 Å². The summed E-state index contributed by atoms with van der Waals surface area (Å²) in [6.45, 7) is 8.95. The Hall–Kier alpha value is -0.980. The Balaban J connectivity index is 0.00000123. The van der Waals surface area contributed by atoms with Crippen molar-refractivity contribution in [3.8, 4) is 6.07 Å². The molecule has 0 N–H and O–H groups in total. The van der Waals surface area contributed by atoms with Crippen LogP contribution in [0.15, 0.2) is 30.3 Å². The molecule has 0 saturated carbocycles. The summed E-state index contributed by atoms with van der Waals surface area (Å²) in [5, 5.41) is 9.18. The molecule has 0 bridgehead atoms. The fraction of sp³-hybridized carbons (Fsp3) is 0.529. The number of ether oxygens (including phenoxy) is 1. The Morgan fingerprint density at radius 2 is 1.96 bits per heavy atom. The smallest absolute Gasteiger partial charge is 0.410 e. The van der Waals surface area contributed by atoms with Gasteiger partial charge in [0.15, 0.2) is 5.60 Å². The third kappa shape index (κ3) is 7.28. The molecule has 1 amide bonds. The van der Waals surface area contributed by atoms with Crippen molar-refractivity contribution < 1.29 is 13.7 Å². The monoisotopic (exact) mass is 464 g/mol. The van der Waals surface area contributed by atoms with E-state index >= 15 is 0 Å². The maximum atomic E-state index is 12.0. The van der Waals surface area contributed by atoms with Crippen molar-refractivity contribution in [1.29, 1.82) is 5.26 Å². The lowest BCUT2D eigenvalue weighted by atomic mass is 10.1. The fourth-order valence-corrected chi connectivity index (χ4v) is 3.31. The molecule has 134 valence electrons. The number of hydrogen-bond donors (Lipinski definition) is 0. The van der Waals surface area contributed by atoms with E-state index in [1.165, 1.54) is 4.90 Å². The van der Waals surface area contributed by atoms with Crippen LogP contribution < -0.4 is 0 Å². The van der Waals surface area contributed by atoms with Gasteiger partial charge in [0.1, 0.15) is 12.7 Å². The van der Waals surface area contributed by atoms with E-state index in [0.717, 1.165) is 14.8 Å².